The van der Waals surface area contributed by atoms with Crippen LogP contribution < -0.4 is 17.1 Å². The van der Waals surface area contributed by atoms with Gasteiger partial charge in [-0.2, -0.15) is 0 Å². The van der Waals surface area contributed by atoms with E-state index in [2.05, 4.69) is 4.98 Å². The van der Waals surface area contributed by atoms with Crippen LogP contribution in [0, 0.1) is 5.39 Å². The number of methoxy groups -OCH3 is 1. The van der Waals surface area contributed by atoms with E-state index in [1.807, 2.05) is 0 Å². The van der Waals surface area contributed by atoms with Gasteiger partial charge in [-0.25, -0.2) is 0 Å². The fraction of sp³-hybridized carbons (Fsp3) is 0.143. The summed E-state index contributed by atoms with van der Waals surface area (Å²) in [6.45, 7) is 0. The topological polar surface area (TPSA) is 37.4 Å². The summed E-state index contributed by atoms with van der Waals surface area (Å²) in [4.78, 5) is 3.00. The Kier molecular flexibility index (Phi) is 4.01. The lowest BCUT2D eigenvalue weighted by Crippen LogP contribution is -3.00. The Morgan fingerprint density at radius 3 is 2.73 bits per heavy atom. The van der Waals surface area contributed by atoms with Gasteiger partial charge in [0, 0.05) is 6.07 Å². The number of nitrogens with zero attached hydrogens (tertiary/aromatic N) is 2. The van der Waals surface area contributed by atoms with Gasteiger partial charge in [0.2, 0.25) is 5.39 Å². The van der Waals surface area contributed by atoms with Crippen LogP contribution in [0.1, 0.15) is 0 Å². The van der Waals surface area contributed by atoms with Crippen molar-refractivity contribution in [1.82, 2.24) is 0 Å². The summed E-state index contributed by atoms with van der Waals surface area (Å²) >= 11 is 0. The summed E-state index contributed by atoms with van der Waals surface area (Å²) in [5.41, 5.74) is 0.499. The van der Waals surface area contributed by atoms with Gasteiger partial charge in [-0.15, -0.1) is 0 Å². The van der Waals surface area contributed by atoms with Crippen LogP contribution in [0.25, 0.3) is 4.98 Å². The van der Waals surface area contributed by atoms with E-state index in [0.29, 0.717) is 11.4 Å². The van der Waals surface area contributed by atoms with Crippen LogP contribution >= 0.6 is 0 Å². The van der Waals surface area contributed by atoms with E-state index in [-0.39, 0.29) is 12.4 Å². The molecule has 0 radical (unpaired) electrons. The minimum Gasteiger partial charge on any atom is -1.00 e. The number of ether oxygens (including phenoxy) is 1. The molecular formula is C7H7ClN2O. The van der Waals surface area contributed by atoms with E-state index in [1.54, 1.807) is 31.4 Å². The average Bonchev–Trinajstić information content (AvgIpc) is 2.05. The van der Waals surface area contributed by atoms with E-state index in [9.17, 15) is 0 Å². The first-order valence-electron chi connectivity index (χ1n) is 2.86. The second-order valence-corrected chi connectivity index (χ2v) is 1.80. The van der Waals surface area contributed by atoms with Crippen molar-refractivity contribution < 1.29 is 17.1 Å². The Morgan fingerprint density at radius 1 is 1.45 bits per heavy atom. The Balaban J connectivity index is 0.000001000. The second-order valence-electron chi connectivity index (χ2n) is 1.80. The van der Waals surface area contributed by atoms with Crippen molar-refractivity contribution in [2.75, 3.05) is 7.11 Å². The van der Waals surface area contributed by atoms with Gasteiger partial charge in [-0.05, 0) is 6.07 Å². The van der Waals surface area contributed by atoms with Gasteiger partial charge in [0.1, 0.15) is 5.75 Å². The van der Waals surface area contributed by atoms with Gasteiger partial charge in [0.25, 0.3) is 0 Å². The van der Waals surface area contributed by atoms with Crippen molar-refractivity contribution in [1.29, 1.82) is 5.39 Å². The van der Waals surface area contributed by atoms with Crippen LogP contribution in [0.2, 0.25) is 0 Å². The molecule has 0 saturated heterocycles. The molecule has 0 bridgehead atoms. The molecule has 0 unspecified atom stereocenters. The highest BCUT2D eigenvalue weighted by Gasteiger charge is 2.02. The molecule has 0 aromatic heterocycles. The Labute approximate surface area is 71.0 Å². The van der Waals surface area contributed by atoms with Gasteiger partial charge in [0.15, 0.2) is 4.98 Å². The highest BCUT2D eigenvalue weighted by Crippen LogP contribution is 2.18. The van der Waals surface area contributed by atoms with E-state index in [4.69, 9.17) is 10.1 Å². The van der Waals surface area contributed by atoms with Gasteiger partial charge < -0.3 is 17.1 Å². The summed E-state index contributed by atoms with van der Waals surface area (Å²) in [6.07, 6.45) is 0. The molecule has 0 amide bonds. The smallest absolute Gasteiger partial charge is 0.388 e. The summed E-state index contributed by atoms with van der Waals surface area (Å²) in [7, 11) is 1.57. The van der Waals surface area contributed by atoms with E-state index >= 15 is 0 Å². The molecule has 1 aromatic rings. The molecule has 0 fully saturated rings. The minimum absolute atomic E-state index is 0. The number of hydrogen-bond acceptors (Lipinski definition) is 2. The van der Waals surface area contributed by atoms with Crippen LogP contribution in [0.3, 0.4) is 0 Å². The Bertz CT molecular complexity index is 269. The monoisotopic (exact) mass is 170 g/mol. The zero-order valence-corrected chi connectivity index (χ0v) is 6.75. The lowest BCUT2D eigenvalue weighted by molar-refractivity contribution is -0.00000261. The van der Waals surface area contributed by atoms with Gasteiger partial charge >= 0.3 is 5.69 Å². The first-order chi connectivity index (χ1) is 4.86. The standard InChI is InChI=1S/C7H7N2O.ClH/c1-10-7-4-2-3-6(5-7)9-8;/h2-5H,1H3;1H/q+1;/p-1. The van der Waals surface area contributed by atoms with Crippen molar-refractivity contribution in [2.24, 2.45) is 0 Å². The molecule has 1 aromatic carbocycles. The van der Waals surface area contributed by atoms with Crippen molar-refractivity contribution >= 4 is 5.69 Å². The van der Waals surface area contributed by atoms with Gasteiger partial charge in [-0.1, -0.05) is 6.07 Å². The van der Waals surface area contributed by atoms with Gasteiger partial charge in [0.05, 0.1) is 13.2 Å². The molecular weight excluding hydrogens is 164 g/mol. The zero-order valence-electron chi connectivity index (χ0n) is 5.99. The van der Waals surface area contributed by atoms with Crippen LogP contribution in [-0.4, -0.2) is 7.11 Å². The first-order valence-corrected chi connectivity index (χ1v) is 2.86. The summed E-state index contributed by atoms with van der Waals surface area (Å²) in [6, 6.07) is 6.87. The van der Waals surface area contributed by atoms with Crippen molar-refractivity contribution in [3.8, 4) is 5.75 Å². The molecule has 0 aliphatic rings. The van der Waals surface area contributed by atoms with E-state index < -0.39 is 0 Å². The van der Waals surface area contributed by atoms with Gasteiger partial charge in [-0.3, -0.25) is 0 Å². The molecule has 11 heavy (non-hydrogen) atoms. The fourth-order valence-electron chi connectivity index (χ4n) is 0.673. The predicted octanol–water partition coefficient (Wildman–Crippen LogP) is -0.816. The SMILES string of the molecule is COc1cccc([N+]#N)c1.[Cl-]. The maximum absolute atomic E-state index is 8.33. The molecule has 0 atom stereocenters. The third kappa shape index (κ3) is 2.44. The lowest BCUT2D eigenvalue weighted by Gasteiger charge is -1.92. The second kappa shape index (κ2) is 4.53. The molecule has 0 heterocycles. The maximum atomic E-state index is 8.33. The molecule has 0 aliphatic carbocycles. The number of diazo groups is 1. The fourth-order valence-corrected chi connectivity index (χ4v) is 0.673. The van der Waals surface area contributed by atoms with Crippen LogP contribution in [-0.2, 0) is 0 Å². The molecule has 4 heteroatoms. The van der Waals surface area contributed by atoms with Crippen molar-refractivity contribution in [3.63, 3.8) is 0 Å². The highest BCUT2D eigenvalue weighted by molar-refractivity contribution is 5.48. The number of hydrogen-bond donors (Lipinski definition) is 0. The Hall–Kier alpha value is -1.27. The maximum Gasteiger partial charge on any atom is 0.388 e. The Morgan fingerprint density at radius 2 is 2.18 bits per heavy atom. The summed E-state index contributed by atoms with van der Waals surface area (Å²) in [5.74, 6) is 0.690. The molecule has 58 valence electrons. The number of benzene rings is 1. The molecule has 0 spiro atoms. The van der Waals surface area contributed by atoms with E-state index in [1.165, 1.54) is 0 Å². The number of rotatable bonds is 1. The normalized spacial score (nSPS) is 7.64. The van der Waals surface area contributed by atoms with E-state index in [0.717, 1.165) is 0 Å². The summed E-state index contributed by atoms with van der Waals surface area (Å²) < 4.78 is 4.89. The lowest BCUT2D eigenvalue weighted by atomic mass is 10.3. The molecule has 0 aliphatic heterocycles. The quantitative estimate of drug-likeness (QED) is 0.517. The van der Waals surface area contributed by atoms with Crippen LogP contribution in [0.5, 0.6) is 5.75 Å². The highest BCUT2D eigenvalue weighted by atomic mass is 35.5. The van der Waals surface area contributed by atoms with Crippen LogP contribution in [0.4, 0.5) is 5.69 Å². The molecule has 1 rings (SSSR count). The van der Waals surface area contributed by atoms with Crippen LogP contribution in [0.15, 0.2) is 24.3 Å². The predicted molar refractivity (Wildman–Crippen MR) is 37.7 cm³/mol. The van der Waals surface area contributed by atoms with Crippen molar-refractivity contribution in [2.45, 2.75) is 0 Å². The minimum atomic E-state index is 0. The number of halogens is 1. The first kappa shape index (κ1) is 9.73. The third-order valence-corrected chi connectivity index (χ3v) is 1.17. The largest absolute Gasteiger partial charge is 1.00 e. The zero-order chi connectivity index (χ0) is 7.40. The average molecular weight is 171 g/mol. The molecule has 0 saturated carbocycles. The van der Waals surface area contributed by atoms with Crippen molar-refractivity contribution in [3.05, 3.63) is 29.2 Å². The third-order valence-electron chi connectivity index (χ3n) is 1.17. The summed E-state index contributed by atoms with van der Waals surface area (Å²) in [5, 5.41) is 8.33. The molecule has 0 N–H and O–H groups in total. The molecule has 3 nitrogen and oxygen atoms in total.